The number of thioether (sulfide) groups is 1. The average Bonchev–Trinajstić information content (AvgIpc) is 2.29. The maximum Gasteiger partial charge on any atom is 0.0553 e. The standard InChI is InChI=1S/C12H25NOS/c1-4-10-5-6-11(13-2)12(9-10)15-8-7-14-3/h10-13H,4-9H2,1-3H3. The van der Waals surface area contributed by atoms with Gasteiger partial charge < -0.3 is 10.1 Å². The van der Waals surface area contributed by atoms with Crippen molar-refractivity contribution in [1.82, 2.24) is 5.32 Å². The molecule has 1 rings (SSSR count). The first-order chi connectivity index (χ1) is 7.31. The lowest BCUT2D eigenvalue weighted by Crippen LogP contribution is -2.41. The Kier molecular flexibility index (Phi) is 6.69. The monoisotopic (exact) mass is 231 g/mol. The molecule has 1 aliphatic rings. The van der Waals surface area contributed by atoms with Gasteiger partial charge in [-0.15, -0.1) is 0 Å². The van der Waals surface area contributed by atoms with Crippen LogP contribution in [0.5, 0.6) is 0 Å². The fourth-order valence-electron chi connectivity index (χ4n) is 2.38. The van der Waals surface area contributed by atoms with E-state index in [2.05, 4.69) is 31.1 Å². The highest BCUT2D eigenvalue weighted by molar-refractivity contribution is 7.99. The molecular weight excluding hydrogens is 206 g/mol. The number of methoxy groups -OCH3 is 1. The second-order valence-corrected chi connectivity index (χ2v) is 5.73. The van der Waals surface area contributed by atoms with E-state index >= 15 is 0 Å². The molecule has 0 amide bonds. The van der Waals surface area contributed by atoms with E-state index in [0.29, 0.717) is 0 Å². The smallest absolute Gasteiger partial charge is 0.0553 e. The normalized spacial score (nSPS) is 31.8. The SMILES string of the molecule is CCC1CCC(NC)C(SCCOC)C1. The third-order valence-electron chi connectivity index (χ3n) is 3.47. The van der Waals surface area contributed by atoms with Gasteiger partial charge in [-0.2, -0.15) is 11.8 Å². The summed E-state index contributed by atoms with van der Waals surface area (Å²) in [6.45, 7) is 3.20. The zero-order valence-electron chi connectivity index (χ0n) is 10.3. The minimum atomic E-state index is 0.717. The highest BCUT2D eigenvalue weighted by Crippen LogP contribution is 2.33. The number of hydrogen-bond donors (Lipinski definition) is 1. The predicted molar refractivity (Wildman–Crippen MR) is 68.6 cm³/mol. The topological polar surface area (TPSA) is 21.3 Å². The van der Waals surface area contributed by atoms with Gasteiger partial charge in [0.05, 0.1) is 6.61 Å². The fourth-order valence-corrected chi connectivity index (χ4v) is 3.86. The van der Waals surface area contributed by atoms with Gasteiger partial charge in [-0.05, 0) is 32.2 Å². The number of nitrogens with one attached hydrogen (secondary N) is 1. The Morgan fingerprint density at radius 3 is 2.80 bits per heavy atom. The van der Waals surface area contributed by atoms with Crippen molar-refractivity contribution >= 4 is 11.8 Å². The van der Waals surface area contributed by atoms with Crippen LogP contribution in [-0.2, 0) is 4.74 Å². The van der Waals surface area contributed by atoms with Crippen LogP contribution < -0.4 is 5.32 Å². The summed E-state index contributed by atoms with van der Waals surface area (Å²) in [5.41, 5.74) is 0. The highest BCUT2D eigenvalue weighted by Gasteiger charge is 2.28. The van der Waals surface area contributed by atoms with Crippen molar-refractivity contribution in [2.45, 2.75) is 43.9 Å². The quantitative estimate of drug-likeness (QED) is 0.710. The summed E-state index contributed by atoms with van der Waals surface area (Å²) in [7, 11) is 3.88. The summed E-state index contributed by atoms with van der Waals surface area (Å²) in [5, 5.41) is 4.26. The zero-order valence-corrected chi connectivity index (χ0v) is 11.1. The van der Waals surface area contributed by atoms with Gasteiger partial charge in [-0.25, -0.2) is 0 Å². The molecule has 0 aliphatic heterocycles. The molecular formula is C12H25NOS. The van der Waals surface area contributed by atoms with Gasteiger partial charge in [-0.3, -0.25) is 0 Å². The molecule has 1 fully saturated rings. The Morgan fingerprint density at radius 1 is 1.40 bits per heavy atom. The minimum absolute atomic E-state index is 0.717. The van der Waals surface area contributed by atoms with E-state index in [-0.39, 0.29) is 0 Å². The summed E-state index contributed by atoms with van der Waals surface area (Å²) >= 11 is 2.09. The first kappa shape index (κ1) is 13.3. The molecule has 2 nitrogen and oxygen atoms in total. The van der Waals surface area contributed by atoms with Gasteiger partial charge in [0.2, 0.25) is 0 Å². The second kappa shape index (κ2) is 7.53. The van der Waals surface area contributed by atoms with Gasteiger partial charge in [0.1, 0.15) is 0 Å². The Balaban J connectivity index is 2.33. The molecule has 0 aromatic rings. The van der Waals surface area contributed by atoms with Crippen LogP contribution in [0.3, 0.4) is 0 Å². The van der Waals surface area contributed by atoms with Crippen LogP contribution in [0, 0.1) is 5.92 Å². The van der Waals surface area contributed by atoms with Crippen molar-refractivity contribution in [2.75, 3.05) is 26.5 Å². The second-order valence-electron chi connectivity index (χ2n) is 4.38. The first-order valence-electron chi connectivity index (χ1n) is 6.09. The van der Waals surface area contributed by atoms with Gasteiger partial charge in [0, 0.05) is 24.2 Å². The van der Waals surface area contributed by atoms with E-state index in [4.69, 9.17) is 4.74 Å². The molecule has 15 heavy (non-hydrogen) atoms. The van der Waals surface area contributed by atoms with Gasteiger partial charge in [0.25, 0.3) is 0 Å². The van der Waals surface area contributed by atoms with Crippen LogP contribution in [0.1, 0.15) is 32.6 Å². The van der Waals surface area contributed by atoms with Gasteiger partial charge in [0.15, 0.2) is 0 Å². The summed E-state index contributed by atoms with van der Waals surface area (Å²) < 4.78 is 5.11. The van der Waals surface area contributed by atoms with E-state index in [1.807, 2.05) is 0 Å². The molecule has 3 unspecified atom stereocenters. The van der Waals surface area contributed by atoms with Crippen LogP contribution in [-0.4, -0.2) is 37.8 Å². The lowest BCUT2D eigenvalue weighted by Gasteiger charge is -2.35. The average molecular weight is 231 g/mol. The summed E-state index contributed by atoms with van der Waals surface area (Å²) in [4.78, 5) is 0. The largest absolute Gasteiger partial charge is 0.384 e. The summed E-state index contributed by atoms with van der Waals surface area (Å²) in [6, 6.07) is 0.717. The molecule has 3 atom stereocenters. The predicted octanol–water partition coefficient (Wildman–Crippen LogP) is 2.53. The molecule has 90 valence electrons. The molecule has 1 saturated carbocycles. The number of hydrogen-bond acceptors (Lipinski definition) is 3. The van der Waals surface area contributed by atoms with Crippen molar-refractivity contribution in [1.29, 1.82) is 0 Å². The molecule has 0 saturated heterocycles. The lowest BCUT2D eigenvalue weighted by molar-refractivity contribution is 0.218. The van der Waals surface area contributed by atoms with Crippen molar-refractivity contribution in [2.24, 2.45) is 5.92 Å². The summed E-state index contributed by atoms with van der Waals surface area (Å²) in [5.74, 6) is 2.09. The maximum absolute atomic E-state index is 5.11. The van der Waals surface area contributed by atoms with Crippen molar-refractivity contribution in [3.63, 3.8) is 0 Å². The third-order valence-corrected chi connectivity index (χ3v) is 4.82. The van der Waals surface area contributed by atoms with Crippen LogP contribution in [0.4, 0.5) is 0 Å². The van der Waals surface area contributed by atoms with Crippen molar-refractivity contribution < 1.29 is 4.74 Å². The Labute approximate surface area is 98.5 Å². The molecule has 1 N–H and O–H groups in total. The number of ether oxygens (including phenoxy) is 1. The van der Waals surface area contributed by atoms with E-state index in [1.165, 1.54) is 25.7 Å². The van der Waals surface area contributed by atoms with Crippen molar-refractivity contribution in [3.05, 3.63) is 0 Å². The molecule has 3 heteroatoms. The van der Waals surface area contributed by atoms with E-state index in [9.17, 15) is 0 Å². The van der Waals surface area contributed by atoms with Gasteiger partial charge >= 0.3 is 0 Å². The van der Waals surface area contributed by atoms with Gasteiger partial charge in [-0.1, -0.05) is 13.3 Å². The molecule has 1 aliphatic carbocycles. The van der Waals surface area contributed by atoms with E-state index in [0.717, 1.165) is 29.6 Å². The highest BCUT2D eigenvalue weighted by atomic mass is 32.2. The number of rotatable bonds is 6. The molecule has 0 bridgehead atoms. The van der Waals surface area contributed by atoms with Crippen LogP contribution in [0.15, 0.2) is 0 Å². The van der Waals surface area contributed by atoms with Crippen LogP contribution in [0.2, 0.25) is 0 Å². The maximum atomic E-state index is 5.11. The third kappa shape index (κ3) is 4.33. The zero-order chi connectivity index (χ0) is 11.1. The first-order valence-corrected chi connectivity index (χ1v) is 7.14. The molecule has 0 aromatic heterocycles. The molecule has 0 radical (unpaired) electrons. The fraction of sp³-hybridized carbons (Fsp3) is 1.00. The molecule has 0 heterocycles. The Bertz CT molecular complexity index is 166. The van der Waals surface area contributed by atoms with Crippen LogP contribution >= 0.6 is 11.8 Å². The molecule has 0 spiro atoms. The van der Waals surface area contributed by atoms with E-state index in [1.54, 1.807) is 7.11 Å². The molecule has 0 aromatic carbocycles. The van der Waals surface area contributed by atoms with Crippen molar-refractivity contribution in [3.8, 4) is 0 Å². The Morgan fingerprint density at radius 2 is 2.20 bits per heavy atom. The lowest BCUT2D eigenvalue weighted by atomic mass is 9.84. The summed E-state index contributed by atoms with van der Waals surface area (Å²) in [6.07, 6.45) is 5.48. The minimum Gasteiger partial charge on any atom is -0.384 e. The van der Waals surface area contributed by atoms with E-state index < -0.39 is 0 Å². The Hall–Kier alpha value is 0.270. The van der Waals surface area contributed by atoms with Crippen LogP contribution in [0.25, 0.3) is 0 Å².